The number of fused-ring (bicyclic) bond motifs is 6. The summed E-state index contributed by atoms with van der Waals surface area (Å²) < 4.78 is 13.5. The van der Waals surface area contributed by atoms with Crippen molar-refractivity contribution in [3.8, 4) is 11.1 Å². The van der Waals surface area contributed by atoms with Gasteiger partial charge in [0.1, 0.15) is 22.3 Å². The Morgan fingerprint density at radius 1 is 0.536 bits per heavy atom. The topological polar surface area (TPSA) is 26.3 Å². The van der Waals surface area contributed by atoms with Crippen molar-refractivity contribution in [2.24, 2.45) is 0 Å². The molecular formula is C25H17BrO2. The fraction of sp³-hybridized carbons (Fsp3) is 0.0400. The van der Waals surface area contributed by atoms with Crippen LogP contribution in [0.4, 0.5) is 0 Å². The second-order valence-corrected chi connectivity index (χ2v) is 7.53. The highest BCUT2D eigenvalue weighted by Gasteiger charge is 2.18. The summed E-state index contributed by atoms with van der Waals surface area (Å²) in [4.78, 5) is 0. The monoisotopic (exact) mass is 428 g/mol. The Bertz CT molecular complexity index is 1490. The molecule has 0 aliphatic carbocycles. The fourth-order valence-corrected chi connectivity index (χ4v) is 4.48. The van der Waals surface area contributed by atoms with E-state index >= 15 is 0 Å². The number of benzene rings is 4. The maximum atomic E-state index is 6.27. The average molecular weight is 429 g/mol. The van der Waals surface area contributed by atoms with E-state index in [0.717, 1.165) is 59.5 Å². The Morgan fingerprint density at radius 3 is 1.96 bits per heavy atom. The zero-order valence-electron chi connectivity index (χ0n) is 14.2. The van der Waals surface area contributed by atoms with Gasteiger partial charge in [-0.25, -0.2) is 0 Å². The van der Waals surface area contributed by atoms with Crippen LogP contribution in [0.2, 0.25) is 0 Å². The lowest BCUT2D eigenvalue weighted by atomic mass is 10.00. The third-order valence-corrected chi connectivity index (χ3v) is 5.83. The van der Waals surface area contributed by atoms with Gasteiger partial charge in [0.25, 0.3) is 0 Å². The fourth-order valence-electron chi connectivity index (χ4n) is 3.96. The molecule has 0 amide bonds. The van der Waals surface area contributed by atoms with E-state index in [1.807, 2.05) is 36.4 Å². The lowest BCUT2D eigenvalue weighted by molar-refractivity contribution is 0.665. The van der Waals surface area contributed by atoms with E-state index in [4.69, 9.17) is 8.83 Å². The third-order valence-electron chi connectivity index (χ3n) is 5.17. The minimum atomic E-state index is 0. The maximum Gasteiger partial charge on any atom is 0.144 e. The SMILES string of the molecule is Brc1ccc(-c2cccc3c2oc2ccccc23)c2oc3ccccc3c12.C. The Kier molecular flexibility index (Phi) is 3.81. The molecule has 2 aromatic heterocycles. The molecule has 0 aliphatic heterocycles. The second-order valence-electron chi connectivity index (χ2n) is 6.68. The minimum absolute atomic E-state index is 0. The molecule has 6 aromatic rings. The summed E-state index contributed by atoms with van der Waals surface area (Å²) in [5, 5.41) is 4.46. The van der Waals surface area contributed by atoms with Crippen LogP contribution in [0.1, 0.15) is 7.43 Å². The van der Waals surface area contributed by atoms with E-state index in [-0.39, 0.29) is 7.43 Å². The molecule has 0 aliphatic rings. The predicted octanol–water partition coefficient (Wildman–Crippen LogP) is 8.55. The van der Waals surface area contributed by atoms with Gasteiger partial charge in [-0.2, -0.15) is 0 Å². The van der Waals surface area contributed by atoms with Crippen LogP contribution in [0.15, 0.2) is 92.2 Å². The van der Waals surface area contributed by atoms with Crippen molar-refractivity contribution >= 4 is 59.8 Å². The van der Waals surface area contributed by atoms with E-state index in [2.05, 4.69) is 58.4 Å². The van der Waals surface area contributed by atoms with Crippen LogP contribution in [0.5, 0.6) is 0 Å². The first-order chi connectivity index (χ1) is 13.3. The molecule has 0 spiro atoms. The highest BCUT2D eigenvalue weighted by Crippen LogP contribution is 2.43. The van der Waals surface area contributed by atoms with E-state index < -0.39 is 0 Å². The van der Waals surface area contributed by atoms with Crippen LogP contribution in [-0.2, 0) is 0 Å². The molecule has 0 radical (unpaired) electrons. The molecule has 0 bridgehead atoms. The van der Waals surface area contributed by atoms with Crippen molar-refractivity contribution in [2.75, 3.05) is 0 Å². The maximum absolute atomic E-state index is 6.27. The molecule has 0 fully saturated rings. The van der Waals surface area contributed by atoms with E-state index in [1.165, 1.54) is 0 Å². The molecule has 0 N–H and O–H groups in total. The first-order valence-corrected chi connectivity index (χ1v) is 9.61. The van der Waals surface area contributed by atoms with Crippen LogP contribution < -0.4 is 0 Å². The van der Waals surface area contributed by atoms with Crippen LogP contribution in [0.25, 0.3) is 55.0 Å². The van der Waals surface area contributed by atoms with Crippen molar-refractivity contribution < 1.29 is 8.83 Å². The van der Waals surface area contributed by atoms with E-state index in [0.29, 0.717) is 0 Å². The first kappa shape index (κ1) is 17.1. The number of rotatable bonds is 1. The Hall–Kier alpha value is -3.04. The minimum Gasteiger partial charge on any atom is -0.455 e. The summed E-state index contributed by atoms with van der Waals surface area (Å²) in [5.41, 5.74) is 5.63. The molecule has 2 nitrogen and oxygen atoms in total. The average Bonchev–Trinajstić information content (AvgIpc) is 3.27. The van der Waals surface area contributed by atoms with Crippen molar-refractivity contribution in [2.45, 2.75) is 7.43 Å². The molecule has 0 saturated heterocycles. The highest BCUT2D eigenvalue weighted by molar-refractivity contribution is 9.10. The van der Waals surface area contributed by atoms with Crippen LogP contribution in [0.3, 0.4) is 0 Å². The number of hydrogen-bond acceptors (Lipinski definition) is 2. The van der Waals surface area contributed by atoms with Gasteiger partial charge >= 0.3 is 0 Å². The van der Waals surface area contributed by atoms with Gasteiger partial charge in [-0.05, 0) is 24.3 Å². The largest absolute Gasteiger partial charge is 0.455 e. The second kappa shape index (κ2) is 6.25. The Labute approximate surface area is 170 Å². The van der Waals surface area contributed by atoms with Crippen molar-refractivity contribution in [3.05, 3.63) is 83.3 Å². The van der Waals surface area contributed by atoms with Gasteiger partial charge in [0.15, 0.2) is 0 Å². The van der Waals surface area contributed by atoms with Gasteiger partial charge in [0, 0.05) is 37.1 Å². The Morgan fingerprint density at radius 2 is 1.14 bits per heavy atom. The lowest BCUT2D eigenvalue weighted by Crippen LogP contribution is -1.81. The molecule has 28 heavy (non-hydrogen) atoms. The summed E-state index contributed by atoms with van der Waals surface area (Å²) >= 11 is 3.70. The van der Waals surface area contributed by atoms with E-state index in [9.17, 15) is 0 Å². The number of halogens is 1. The molecular weight excluding hydrogens is 412 g/mol. The van der Waals surface area contributed by atoms with Gasteiger partial charge < -0.3 is 8.83 Å². The lowest BCUT2D eigenvalue weighted by Gasteiger charge is -2.05. The predicted molar refractivity (Wildman–Crippen MR) is 121 cm³/mol. The Balaban J connectivity index is 0.00000171. The molecule has 0 unspecified atom stereocenters. The van der Waals surface area contributed by atoms with Gasteiger partial charge in [-0.15, -0.1) is 0 Å². The molecule has 3 heteroatoms. The van der Waals surface area contributed by atoms with Gasteiger partial charge in [-0.1, -0.05) is 78.0 Å². The molecule has 6 rings (SSSR count). The molecule has 2 heterocycles. The standard InChI is InChI=1S/C24H13BrO2.CH4/c25-19-13-12-17(24-22(19)18-7-2-4-11-21(18)27-24)16-9-5-8-15-14-6-1-3-10-20(14)26-23(15)16;/h1-13H;1H4. The van der Waals surface area contributed by atoms with Crippen LogP contribution in [0, 0.1) is 0 Å². The normalized spacial score (nSPS) is 11.5. The van der Waals surface area contributed by atoms with Crippen molar-refractivity contribution in [1.82, 2.24) is 0 Å². The summed E-state index contributed by atoms with van der Waals surface area (Å²) in [6.45, 7) is 0. The quantitative estimate of drug-likeness (QED) is 0.262. The smallest absolute Gasteiger partial charge is 0.144 e. The molecule has 0 atom stereocenters. The summed E-state index contributed by atoms with van der Waals surface area (Å²) in [5.74, 6) is 0. The zero-order chi connectivity index (χ0) is 18.0. The highest BCUT2D eigenvalue weighted by atomic mass is 79.9. The van der Waals surface area contributed by atoms with Gasteiger partial charge in [0.05, 0.1) is 0 Å². The van der Waals surface area contributed by atoms with Crippen molar-refractivity contribution in [3.63, 3.8) is 0 Å². The third kappa shape index (κ3) is 2.26. The first-order valence-electron chi connectivity index (χ1n) is 8.81. The molecule has 136 valence electrons. The van der Waals surface area contributed by atoms with Gasteiger partial charge in [-0.3, -0.25) is 0 Å². The summed E-state index contributed by atoms with van der Waals surface area (Å²) in [6.07, 6.45) is 0. The van der Waals surface area contributed by atoms with Crippen LogP contribution in [-0.4, -0.2) is 0 Å². The molecule has 4 aromatic carbocycles. The van der Waals surface area contributed by atoms with Gasteiger partial charge in [0.2, 0.25) is 0 Å². The number of para-hydroxylation sites is 3. The number of furan rings is 2. The zero-order valence-corrected chi connectivity index (χ0v) is 15.8. The molecule has 0 saturated carbocycles. The van der Waals surface area contributed by atoms with Crippen molar-refractivity contribution in [1.29, 1.82) is 0 Å². The van der Waals surface area contributed by atoms with E-state index in [1.54, 1.807) is 0 Å². The van der Waals surface area contributed by atoms with Crippen LogP contribution >= 0.6 is 15.9 Å². The summed E-state index contributed by atoms with van der Waals surface area (Å²) in [6, 6.07) is 26.8. The number of hydrogen-bond donors (Lipinski definition) is 0. The summed E-state index contributed by atoms with van der Waals surface area (Å²) in [7, 11) is 0.